The van der Waals surface area contributed by atoms with Gasteiger partial charge in [-0.2, -0.15) is 52.7 Å². The minimum Gasteiger partial charge on any atom is -0.442 e. The fourth-order valence-corrected chi connectivity index (χ4v) is 16.8. The number of ether oxygens (including phenoxy) is 3. The second-order valence-corrected chi connectivity index (χ2v) is 35.5. The van der Waals surface area contributed by atoms with Crippen LogP contribution < -0.4 is 44.5 Å². The summed E-state index contributed by atoms with van der Waals surface area (Å²) in [5, 5.41) is 9.49. The van der Waals surface area contributed by atoms with Gasteiger partial charge in [0.1, 0.15) is 103 Å². The van der Waals surface area contributed by atoms with Crippen LogP contribution in [0.3, 0.4) is 0 Å². The molecule has 15 rings (SSSR count). The molecule has 4 aromatic heterocycles. The zero-order chi connectivity index (χ0) is 108. The number of cyclic esters (lactones) is 2. The fraction of sp³-hybridized carbons (Fsp3) is 0.393. The van der Waals surface area contributed by atoms with Crippen molar-refractivity contribution in [2.45, 2.75) is 101 Å². The van der Waals surface area contributed by atoms with E-state index in [4.69, 9.17) is 60.6 Å². The first kappa shape index (κ1) is 111. The lowest BCUT2D eigenvalue weighted by atomic mass is 10.1. The van der Waals surface area contributed by atoms with Crippen molar-refractivity contribution < 1.29 is 155 Å². The molecular formula is C89H83Cl4F20N19O14. The summed E-state index contributed by atoms with van der Waals surface area (Å²) in [4.78, 5) is 160. The number of anilines is 8. The van der Waals surface area contributed by atoms with Gasteiger partial charge in [0.25, 0.3) is 23.6 Å². The lowest BCUT2D eigenvalue weighted by Crippen LogP contribution is -2.47. The molecule has 11 heterocycles. The summed E-state index contributed by atoms with van der Waals surface area (Å²) in [5.41, 5.74) is -6.09. The highest BCUT2D eigenvalue weighted by Crippen LogP contribution is 2.43. The molecule has 7 aliphatic heterocycles. The first-order valence-corrected chi connectivity index (χ1v) is 44.5. The van der Waals surface area contributed by atoms with Crippen molar-refractivity contribution in [3.05, 3.63) is 209 Å². The average molecular weight is 2160 g/mol. The van der Waals surface area contributed by atoms with Gasteiger partial charge in [0, 0.05) is 78.2 Å². The maximum absolute atomic E-state index is 14.7. The predicted molar refractivity (Wildman–Crippen MR) is 483 cm³/mol. The van der Waals surface area contributed by atoms with Crippen LogP contribution in [0, 0.1) is 74.2 Å². The van der Waals surface area contributed by atoms with Gasteiger partial charge in [-0.05, 0) is 132 Å². The molecule has 2 unspecified atom stereocenters. The summed E-state index contributed by atoms with van der Waals surface area (Å²) in [6.45, 7) is 4.35. The summed E-state index contributed by atoms with van der Waals surface area (Å²) in [6.07, 6.45) is -23.0. The molecule has 0 saturated carbocycles. The molecule has 0 aliphatic carbocycles. The molecule has 146 heavy (non-hydrogen) atoms. The van der Waals surface area contributed by atoms with E-state index in [1.54, 1.807) is 7.05 Å². The average Bonchev–Trinajstić information content (AvgIpc) is 1.62. The quantitative estimate of drug-likeness (QED) is 0.0362. The number of likely N-dealkylation sites (N-methyl/N-ethyl adjacent to an activating group) is 7. The molecular weight excluding hydrogens is 2080 g/mol. The summed E-state index contributed by atoms with van der Waals surface area (Å²) >= 11 is 22.5. The van der Waals surface area contributed by atoms with Gasteiger partial charge >= 0.3 is 61.0 Å². The van der Waals surface area contributed by atoms with Crippen LogP contribution in [0.5, 0.6) is 0 Å². The number of hydrogen-bond donors (Lipinski definition) is 2. The maximum atomic E-state index is 14.7. The van der Waals surface area contributed by atoms with Gasteiger partial charge < -0.3 is 73.6 Å². The number of carbonyl (C=O) groups excluding carboxylic acids is 10. The smallest absolute Gasteiger partial charge is 0.416 e. The molecule has 4 aromatic carbocycles. The van der Waals surface area contributed by atoms with E-state index in [0.717, 1.165) is 148 Å². The second-order valence-electron chi connectivity index (χ2n) is 34.0. The third-order valence-corrected chi connectivity index (χ3v) is 24.8. The summed E-state index contributed by atoms with van der Waals surface area (Å²) in [7, 11) is 9.19. The normalized spacial score (nSPS) is 19.2. The van der Waals surface area contributed by atoms with E-state index < -0.39 is 251 Å². The molecule has 0 bridgehead atoms. The third kappa shape index (κ3) is 24.3. The number of hydrogen-bond acceptors (Lipinski definition) is 19. The number of rotatable bonds is 22. The van der Waals surface area contributed by atoms with E-state index in [0.29, 0.717) is 30.9 Å². The van der Waals surface area contributed by atoms with E-state index in [1.165, 1.54) is 63.5 Å². The van der Waals surface area contributed by atoms with Crippen LogP contribution in [0.1, 0.15) is 45.0 Å². The first-order valence-electron chi connectivity index (χ1n) is 43.0. The summed E-state index contributed by atoms with van der Waals surface area (Å²) in [5.74, 6) is -14.3. The Hall–Kier alpha value is -13.4. The number of aromatic nitrogens is 4. The number of epoxide rings is 1. The van der Waals surface area contributed by atoms with Gasteiger partial charge in [-0.3, -0.25) is 38.8 Å². The standard InChI is InChI=1S/2C23H21ClF5N5O4.C22H23ClF5N5O3.C21H18ClF5N4O3/c2*1-11-6-12(23(27,28)29)7-17(30-11)34-16(10-33(21(34)36)9-13-8-31(2)22(37)38-13)20(35)32(3)15-5-4-14(25)18(24)19(15)26;1-11-6-12(22(26,27)28)7-17(30-11)33-16(10-32(21(33)36)9-13(34)8-29-2)20(35)31(3)15-5-4-14(24)18(23)19(15)25;1-10-5-11(21(25,26)27)6-16(28-10)31-15(8-30(20(31)33)7-12-9-34-12)19(32)29(2)14-4-3-13(23)17(22)18(14)24/h2*4-7,13,16H,8-10H2,1-3H3;4-7,13,16,29,34H,8-10H2,1-3H3;3-6,12,15H,7-9H2,1-2H3/t13-,16+;13-,16-;13?,16-;12?,15-/m1000/s1. The molecule has 0 radical (unpaired) electrons. The number of benzene rings is 4. The minimum atomic E-state index is -4.77. The van der Waals surface area contributed by atoms with Crippen molar-refractivity contribution in [3.8, 4) is 0 Å². The Morgan fingerprint density at radius 3 is 0.829 bits per heavy atom. The van der Waals surface area contributed by atoms with Crippen LogP contribution in [0.25, 0.3) is 0 Å². The van der Waals surface area contributed by atoms with Crippen molar-refractivity contribution >= 4 is 152 Å². The molecule has 14 amide bonds. The van der Waals surface area contributed by atoms with Crippen LogP contribution in [-0.2, 0) is 58.1 Å². The van der Waals surface area contributed by atoms with E-state index in [9.17, 15) is 141 Å². The van der Waals surface area contributed by atoms with Gasteiger partial charge in [0.2, 0.25) is 0 Å². The number of pyridine rings is 4. The predicted octanol–water partition coefficient (Wildman–Crippen LogP) is 15.3. The van der Waals surface area contributed by atoms with Gasteiger partial charge in [0.15, 0.2) is 23.3 Å². The number of β-amino-alcohol motifs (C(OH)–C–C–N with tert-alkyl or cyclic N) is 1. The van der Waals surface area contributed by atoms with Gasteiger partial charge in [-0.1, -0.05) is 46.4 Å². The molecule has 0 spiro atoms. The lowest BCUT2D eigenvalue weighted by Gasteiger charge is -2.27. The Morgan fingerprint density at radius 1 is 0.390 bits per heavy atom. The molecule has 33 nitrogen and oxygen atoms in total. The second kappa shape index (κ2) is 43.7. The summed E-state index contributed by atoms with van der Waals surface area (Å²) in [6, 6.07) is 4.01. The van der Waals surface area contributed by atoms with E-state index in [2.05, 4.69) is 25.3 Å². The first-order chi connectivity index (χ1) is 68.0. The highest BCUT2D eigenvalue weighted by Gasteiger charge is 2.53. The number of alkyl halides is 12. The highest BCUT2D eigenvalue weighted by molar-refractivity contribution is 6.32. The van der Waals surface area contributed by atoms with Crippen molar-refractivity contribution in [1.82, 2.24) is 54.7 Å². The van der Waals surface area contributed by atoms with E-state index >= 15 is 0 Å². The Morgan fingerprint density at radius 2 is 0.616 bits per heavy atom. The SMILES string of the molecule is CNCC(O)CN1C[C@@H](C(=O)N(C)c2ccc(F)c(Cl)c2F)N(c2cc(C(F)(F)F)cc(C)n2)C1=O.Cc1cc(C(F)(F)F)cc(N2C(=O)N(CC3CO3)C[C@H]2C(=O)N(C)c2ccc(F)c(Cl)c2F)n1.Cc1cc(C(F)(F)F)cc(N2C(=O)N(C[C@@H]3CN(C)C(=O)O3)C[C@H]2C(=O)N(C)c2ccc(F)c(Cl)c2F)n1.Cc1cc(C(F)(F)F)cc(N2C(=O)N(C[C@H]3CN(C)C(=O)O3)C[C@H]2C(=O)N(C)c2ccc(F)c(Cl)c2F)n1. The highest BCUT2D eigenvalue weighted by atomic mass is 35.5. The Kier molecular flexibility index (Phi) is 33.4. The van der Waals surface area contributed by atoms with Crippen LogP contribution >= 0.6 is 46.4 Å². The number of urea groups is 4. The number of halogens is 24. The van der Waals surface area contributed by atoms with Crippen molar-refractivity contribution in [2.75, 3.05) is 167 Å². The third-order valence-electron chi connectivity index (χ3n) is 23.4. The maximum Gasteiger partial charge on any atom is 0.416 e. The number of aryl methyl sites for hydroxylation is 4. The van der Waals surface area contributed by atoms with Crippen molar-refractivity contribution in [3.63, 3.8) is 0 Å². The number of carbonyl (C=O) groups is 10. The molecule has 8 aromatic rings. The molecule has 8 atom stereocenters. The van der Waals surface area contributed by atoms with Crippen LogP contribution in [-0.4, -0.2) is 291 Å². The largest absolute Gasteiger partial charge is 0.442 e. The van der Waals surface area contributed by atoms with E-state index in [-0.39, 0.29) is 112 Å². The topological polar surface area (TPSA) is 331 Å². The molecule has 7 aliphatic rings. The van der Waals surface area contributed by atoms with Crippen LogP contribution in [0.2, 0.25) is 20.1 Å². The summed E-state index contributed by atoms with van der Waals surface area (Å²) < 4.78 is 290. The molecule has 2 N–H and O–H groups in total. The van der Waals surface area contributed by atoms with Crippen molar-refractivity contribution in [1.29, 1.82) is 0 Å². The van der Waals surface area contributed by atoms with Crippen LogP contribution in [0.4, 0.5) is 163 Å². The molecule has 7 saturated heterocycles. The molecule has 7 fully saturated rings. The molecule has 786 valence electrons. The number of amides is 14. The number of nitrogens with zero attached hydrogens (tertiary/aromatic N) is 18. The Balaban J connectivity index is 0.000000173. The van der Waals surface area contributed by atoms with Gasteiger partial charge in [-0.25, -0.2) is 83.8 Å². The van der Waals surface area contributed by atoms with Crippen LogP contribution in [0.15, 0.2) is 97.1 Å². The number of nitrogens with one attached hydrogen (secondary N) is 1. The van der Waals surface area contributed by atoms with E-state index in [1.807, 2.05) is 0 Å². The monoisotopic (exact) mass is 2160 g/mol. The van der Waals surface area contributed by atoms with Crippen molar-refractivity contribution in [2.24, 2.45) is 0 Å². The van der Waals surface area contributed by atoms with Gasteiger partial charge in [-0.15, -0.1) is 0 Å². The Labute approximate surface area is 835 Å². The zero-order valence-electron chi connectivity index (χ0n) is 77.7. The minimum absolute atomic E-state index is 0.0162. The fourth-order valence-electron chi connectivity index (χ4n) is 16.2. The number of aliphatic hydroxyl groups is 1. The van der Waals surface area contributed by atoms with Gasteiger partial charge in [0.05, 0.1) is 123 Å². The zero-order valence-corrected chi connectivity index (χ0v) is 80.7. The number of aliphatic hydroxyl groups excluding tert-OH is 1. The lowest BCUT2D eigenvalue weighted by molar-refractivity contribution is -0.138. The molecule has 57 heteroatoms. The Bertz CT molecular complexity index is 6250.